The van der Waals surface area contributed by atoms with Crippen LogP contribution in [0.15, 0.2) is 24.3 Å². The molecule has 0 radical (unpaired) electrons. The summed E-state index contributed by atoms with van der Waals surface area (Å²) in [5.74, 6) is -4.40. The normalized spacial score (nSPS) is 10.3. The van der Waals surface area contributed by atoms with E-state index in [9.17, 15) is 30.0 Å². The van der Waals surface area contributed by atoms with Crippen LogP contribution in [0.25, 0.3) is 0 Å². The molecule has 0 spiro atoms. The summed E-state index contributed by atoms with van der Waals surface area (Å²) in [5.41, 5.74) is -1.05. The Labute approximate surface area is 131 Å². The molecule has 3 N–H and O–H groups in total. The highest BCUT2D eigenvalue weighted by Crippen LogP contribution is 2.35. The van der Waals surface area contributed by atoms with Gasteiger partial charge in [-0.3, -0.25) is 4.79 Å². The third-order valence-corrected chi connectivity index (χ3v) is 3.22. The van der Waals surface area contributed by atoms with Gasteiger partial charge in [0.05, 0.1) is 23.8 Å². The first-order valence-electron chi connectivity index (χ1n) is 6.45. The standard InChI is InChI=1S/C16H14O7/c1-7-3-10(18)14(11(19)4-7)15(20)13-9(16(21)22)5-8(17)6-12(13)23-2/h3-6,17-19H,1-2H3,(H,21,22)/p-1. The van der Waals surface area contributed by atoms with Crippen molar-refractivity contribution < 1.29 is 34.8 Å². The molecular weight excluding hydrogens is 304 g/mol. The van der Waals surface area contributed by atoms with Gasteiger partial charge in [0.15, 0.2) is 0 Å². The summed E-state index contributed by atoms with van der Waals surface area (Å²) >= 11 is 0. The molecule has 0 aliphatic rings. The van der Waals surface area contributed by atoms with E-state index in [4.69, 9.17) is 4.74 Å². The van der Waals surface area contributed by atoms with Gasteiger partial charge in [0, 0.05) is 6.07 Å². The fourth-order valence-electron chi connectivity index (χ4n) is 2.25. The zero-order chi connectivity index (χ0) is 17.3. The highest BCUT2D eigenvalue weighted by molar-refractivity contribution is 6.18. The molecular formula is C16H13O7-. The van der Waals surface area contributed by atoms with E-state index in [0.717, 1.165) is 18.2 Å². The van der Waals surface area contributed by atoms with Crippen molar-refractivity contribution in [3.63, 3.8) is 0 Å². The smallest absolute Gasteiger partial charge is 0.336 e. The Bertz CT molecular complexity index is 785. The zero-order valence-electron chi connectivity index (χ0n) is 12.3. The molecule has 0 heterocycles. The van der Waals surface area contributed by atoms with Gasteiger partial charge in [0.25, 0.3) is 0 Å². The van der Waals surface area contributed by atoms with Crippen LogP contribution in [-0.2, 0) is 0 Å². The molecule has 0 atom stereocenters. The number of hydrogen-bond acceptors (Lipinski definition) is 6. The minimum absolute atomic E-state index is 0.216. The van der Waals surface area contributed by atoms with Crippen LogP contribution in [-0.4, -0.2) is 34.2 Å². The second-order valence-corrected chi connectivity index (χ2v) is 4.86. The van der Waals surface area contributed by atoms with Gasteiger partial charge in [-0.2, -0.15) is 0 Å². The maximum atomic E-state index is 12.6. The molecule has 23 heavy (non-hydrogen) atoms. The molecule has 120 valence electrons. The lowest BCUT2D eigenvalue weighted by Gasteiger charge is -2.18. The van der Waals surface area contributed by atoms with E-state index in [-0.39, 0.29) is 5.75 Å². The highest BCUT2D eigenvalue weighted by atomic mass is 16.5. The lowest BCUT2D eigenvalue weighted by molar-refractivity contribution is -0.268. The molecule has 2 aromatic carbocycles. The molecule has 7 heteroatoms. The first-order chi connectivity index (χ1) is 10.8. The molecule has 0 fully saturated rings. The van der Waals surface area contributed by atoms with Gasteiger partial charge in [-0.25, -0.2) is 4.79 Å². The van der Waals surface area contributed by atoms with Crippen LogP contribution in [0.1, 0.15) is 31.8 Å². The topological polar surface area (TPSA) is 127 Å². The van der Waals surface area contributed by atoms with E-state index in [1.54, 1.807) is 6.92 Å². The van der Waals surface area contributed by atoms with Crippen LogP contribution in [0.5, 0.6) is 23.0 Å². The summed E-state index contributed by atoms with van der Waals surface area (Å²) in [5, 5.41) is 40.7. The van der Waals surface area contributed by atoms with Crippen molar-refractivity contribution >= 4 is 11.8 Å². The summed E-state index contributed by atoms with van der Waals surface area (Å²) in [6, 6.07) is 4.30. The van der Waals surface area contributed by atoms with Gasteiger partial charge in [0.1, 0.15) is 17.2 Å². The Morgan fingerprint density at radius 1 is 1.09 bits per heavy atom. The Kier molecular flexibility index (Phi) is 4.13. The number of methoxy groups -OCH3 is 1. The number of carboxylic acids is 1. The molecule has 0 saturated heterocycles. The van der Waals surface area contributed by atoms with E-state index in [1.807, 2.05) is 0 Å². The van der Waals surface area contributed by atoms with Crippen LogP contribution < -0.4 is 9.84 Å². The molecule has 0 bridgehead atoms. The van der Waals surface area contributed by atoms with Crippen LogP contribution in [0.3, 0.4) is 0 Å². The molecule has 0 aliphatic heterocycles. The number of carbonyl (C=O) groups excluding carboxylic acids is 1. The molecule has 2 rings (SSSR count). The molecule has 2 aromatic rings. The Morgan fingerprint density at radius 2 is 1.74 bits per heavy atom. The molecule has 0 aliphatic carbocycles. The average Bonchev–Trinajstić information content (AvgIpc) is 2.44. The molecule has 7 nitrogen and oxygen atoms in total. The largest absolute Gasteiger partial charge is 0.872 e. The molecule has 0 aromatic heterocycles. The van der Waals surface area contributed by atoms with Gasteiger partial charge in [-0.1, -0.05) is 11.8 Å². The van der Waals surface area contributed by atoms with Crippen LogP contribution in [0.4, 0.5) is 0 Å². The monoisotopic (exact) mass is 317 g/mol. The van der Waals surface area contributed by atoms with Crippen molar-refractivity contribution in [3.8, 4) is 23.0 Å². The number of ketones is 1. The van der Waals surface area contributed by atoms with Gasteiger partial charge < -0.3 is 25.2 Å². The predicted molar refractivity (Wildman–Crippen MR) is 77.3 cm³/mol. The van der Waals surface area contributed by atoms with Crippen LogP contribution in [0, 0.1) is 6.92 Å². The predicted octanol–water partition coefficient (Wildman–Crippen LogP) is 1.42. The lowest BCUT2D eigenvalue weighted by atomic mass is 9.95. The third kappa shape index (κ3) is 2.89. The first-order valence-corrected chi connectivity index (χ1v) is 6.45. The van der Waals surface area contributed by atoms with Gasteiger partial charge >= 0.3 is 5.97 Å². The second-order valence-electron chi connectivity index (χ2n) is 4.86. The van der Waals surface area contributed by atoms with Gasteiger partial charge in [-0.15, -0.1) is 0 Å². The number of ether oxygens (including phenoxy) is 1. The van der Waals surface area contributed by atoms with Crippen molar-refractivity contribution in [1.82, 2.24) is 0 Å². The van der Waals surface area contributed by atoms with Crippen LogP contribution >= 0.6 is 0 Å². The van der Waals surface area contributed by atoms with Crippen molar-refractivity contribution in [2.24, 2.45) is 0 Å². The van der Waals surface area contributed by atoms with E-state index >= 15 is 0 Å². The number of phenolic OH excluding ortho intramolecular Hbond substituents is 2. The number of benzene rings is 2. The number of aryl methyl sites for hydroxylation is 1. The number of rotatable bonds is 4. The number of aromatic carboxylic acids is 1. The second kappa shape index (κ2) is 5.88. The van der Waals surface area contributed by atoms with E-state index in [0.29, 0.717) is 5.56 Å². The summed E-state index contributed by atoms with van der Waals surface area (Å²) in [4.78, 5) is 24.0. The van der Waals surface area contributed by atoms with E-state index in [1.165, 1.54) is 13.2 Å². The number of carboxylic acid groups (broad SMARTS) is 1. The van der Waals surface area contributed by atoms with Gasteiger partial charge in [0.2, 0.25) is 5.78 Å². The fraction of sp³-hybridized carbons (Fsp3) is 0.125. The molecule has 0 saturated carbocycles. The minimum atomic E-state index is -1.48. The Hall–Kier alpha value is -3.22. The maximum Gasteiger partial charge on any atom is 0.336 e. The van der Waals surface area contributed by atoms with Crippen molar-refractivity contribution in [1.29, 1.82) is 0 Å². The number of aromatic hydroxyl groups is 2. The molecule has 0 amide bonds. The van der Waals surface area contributed by atoms with Gasteiger partial charge in [-0.05, 0) is 24.6 Å². The quantitative estimate of drug-likeness (QED) is 0.727. The number of carbonyl (C=O) groups is 2. The number of hydrogen-bond donors (Lipinski definition) is 3. The van der Waals surface area contributed by atoms with E-state index in [2.05, 4.69) is 0 Å². The van der Waals surface area contributed by atoms with Crippen LogP contribution in [0.2, 0.25) is 0 Å². The first kappa shape index (κ1) is 16.2. The summed E-state index contributed by atoms with van der Waals surface area (Å²) in [6.07, 6.45) is 0. The minimum Gasteiger partial charge on any atom is -0.872 e. The average molecular weight is 317 g/mol. The zero-order valence-corrected chi connectivity index (χ0v) is 12.3. The fourth-order valence-corrected chi connectivity index (χ4v) is 2.25. The van der Waals surface area contributed by atoms with Crippen molar-refractivity contribution in [2.45, 2.75) is 6.92 Å². The maximum absolute atomic E-state index is 12.6. The SMILES string of the molecule is COc1cc(O)cc(C(=O)O)c1C(=O)c1c([O-])cc(C)cc1O. The molecule has 0 unspecified atom stereocenters. The highest BCUT2D eigenvalue weighted by Gasteiger charge is 2.26. The van der Waals surface area contributed by atoms with Crippen molar-refractivity contribution in [2.75, 3.05) is 7.11 Å². The summed E-state index contributed by atoms with van der Waals surface area (Å²) in [7, 11) is 1.18. The number of phenols is 2. The van der Waals surface area contributed by atoms with Crippen molar-refractivity contribution in [3.05, 3.63) is 46.5 Å². The Morgan fingerprint density at radius 3 is 2.26 bits per heavy atom. The summed E-state index contributed by atoms with van der Waals surface area (Å²) < 4.78 is 4.94. The third-order valence-electron chi connectivity index (χ3n) is 3.22. The lowest BCUT2D eigenvalue weighted by Crippen LogP contribution is -2.14. The van der Waals surface area contributed by atoms with E-state index < -0.39 is 45.7 Å². The summed E-state index contributed by atoms with van der Waals surface area (Å²) in [6.45, 7) is 1.57. The Balaban J connectivity index is 2.76.